The molecule has 7 heteroatoms. The van der Waals surface area contributed by atoms with Gasteiger partial charge in [-0.15, -0.1) is 5.10 Å². The van der Waals surface area contributed by atoms with Gasteiger partial charge in [0.2, 0.25) is 0 Å². The van der Waals surface area contributed by atoms with E-state index in [-0.39, 0.29) is 12.0 Å². The van der Waals surface area contributed by atoms with E-state index in [2.05, 4.69) is 27.3 Å². The lowest BCUT2D eigenvalue weighted by atomic mass is 10.0. The molecule has 1 aliphatic heterocycles. The van der Waals surface area contributed by atoms with Gasteiger partial charge in [-0.2, -0.15) is 0 Å². The molecule has 0 N–H and O–H groups in total. The van der Waals surface area contributed by atoms with Gasteiger partial charge in [0.15, 0.2) is 5.82 Å². The van der Waals surface area contributed by atoms with E-state index in [1.807, 2.05) is 4.68 Å². The van der Waals surface area contributed by atoms with Crippen molar-refractivity contribution in [3.05, 3.63) is 5.82 Å². The van der Waals surface area contributed by atoms with E-state index < -0.39 is 0 Å². The molecule has 0 aromatic carbocycles. The molecule has 1 atom stereocenters. The van der Waals surface area contributed by atoms with E-state index in [9.17, 15) is 4.79 Å². The third kappa shape index (κ3) is 3.53. The first-order valence-electron chi connectivity index (χ1n) is 7.33. The second-order valence-corrected chi connectivity index (χ2v) is 5.18. The zero-order valence-electron chi connectivity index (χ0n) is 12.3. The molecule has 112 valence electrons. The number of rotatable bonds is 6. The van der Waals surface area contributed by atoms with Crippen LogP contribution in [-0.2, 0) is 22.6 Å². The van der Waals surface area contributed by atoms with Crippen LogP contribution in [0.1, 0.15) is 44.9 Å². The van der Waals surface area contributed by atoms with Crippen molar-refractivity contribution in [3.63, 3.8) is 0 Å². The number of nitrogens with zero attached hydrogens (tertiary/aromatic N) is 5. The topological polar surface area (TPSA) is 73.1 Å². The van der Waals surface area contributed by atoms with Crippen LogP contribution in [0.5, 0.6) is 0 Å². The van der Waals surface area contributed by atoms with Gasteiger partial charge in [0.1, 0.15) is 6.04 Å². The summed E-state index contributed by atoms with van der Waals surface area (Å²) in [7, 11) is 1.44. The Morgan fingerprint density at radius 1 is 1.45 bits per heavy atom. The summed E-state index contributed by atoms with van der Waals surface area (Å²) in [5.74, 6) is 0.673. The minimum atomic E-state index is -0.162. The summed E-state index contributed by atoms with van der Waals surface area (Å²) in [6, 6.07) is -0.162. The molecule has 1 aromatic rings. The Balaban J connectivity index is 2.03. The minimum absolute atomic E-state index is 0.155. The number of esters is 1. The molecule has 1 unspecified atom stereocenters. The van der Waals surface area contributed by atoms with Gasteiger partial charge in [0, 0.05) is 6.54 Å². The van der Waals surface area contributed by atoms with Crippen LogP contribution in [0.4, 0.5) is 0 Å². The third-order valence-corrected chi connectivity index (χ3v) is 3.76. The van der Waals surface area contributed by atoms with Gasteiger partial charge < -0.3 is 4.74 Å². The number of unbranched alkanes of at least 4 members (excludes halogenated alkanes) is 1. The number of likely N-dealkylation sites (tertiary alicyclic amines) is 1. The van der Waals surface area contributed by atoms with E-state index >= 15 is 0 Å². The van der Waals surface area contributed by atoms with Gasteiger partial charge in [-0.1, -0.05) is 19.8 Å². The lowest BCUT2D eigenvalue weighted by Gasteiger charge is -2.33. The van der Waals surface area contributed by atoms with Crippen LogP contribution in [0.3, 0.4) is 0 Å². The van der Waals surface area contributed by atoms with Crippen LogP contribution < -0.4 is 0 Å². The maximum absolute atomic E-state index is 11.8. The number of ether oxygens (including phenoxy) is 1. The number of tetrazole rings is 1. The van der Waals surface area contributed by atoms with Crippen LogP contribution in [-0.4, -0.2) is 50.8 Å². The summed E-state index contributed by atoms with van der Waals surface area (Å²) in [6.45, 7) is 4.47. The third-order valence-electron chi connectivity index (χ3n) is 3.76. The molecule has 7 nitrogen and oxygen atoms in total. The van der Waals surface area contributed by atoms with Gasteiger partial charge in [0.05, 0.1) is 13.7 Å². The fraction of sp³-hybridized carbons (Fsp3) is 0.846. The summed E-state index contributed by atoms with van der Waals surface area (Å²) in [6.07, 6.45) is 5.18. The molecule has 0 bridgehead atoms. The second-order valence-electron chi connectivity index (χ2n) is 5.18. The van der Waals surface area contributed by atoms with Crippen LogP contribution in [0.15, 0.2) is 0 Å². The molecule has 1 aromatic heterocycles. The van der Waals surface area contributed by atoms with E-state index in [4.69, 9.17) is 4.74 Å². The van der Waals surface area contributed by atoms with Crippen molar-refractivity contribution >= 4 is 5.97 Å². The first-order valence-corrected chi connectivity index (χ1v) is 7.33. The molecular weight excluding hydrogens is 258 g/mol. The SMILES string of the molecule is CCCCn1nnnc1CN1CCCCC1C(=O)OC. The number of aryl methyl sites for hydroxylation is 1. The molecular formula is C13H23N5O2. The van der Waals surface area contributed by atoms with Crippen molar-refractivity contribution in [2.45, 2.75) is 58.2 Å². The lowest BCUT2D eigenvalue weighted by Crippen LogP contribution is -2.45. The maximum Gasteiger partial charge on any atom is 0.323 e. The summed E-state index contributed by atoms with van der Waals surface area (Å²) in [5.41, 5.74) is 0. The molecule has 0 amide bonds. The standard InChI is InChI=1S/C13H23N5O2/c1-3-4-9-18-12(14-15-16-18)10-17-8-6-5-7-11(17)13(19)20-2/h11H,3-10H2,1-2H3. The summed E-state index contributed by atoms with van der Waals surface area (Å²) < 4.78 is 6.73. The molecule has 0 radical (unpaired) electrons. The quantitative estimate of drug-likeness (QED) is 0.724. The minimum Gasteiger partial charge on any atom is -0.468 e. The molecule has 2 heterocycles. The Morgan fingerprint density at radius 2 is 2.30 bits per heavy atom. The lowest BCUT2D eigenvalue weighted by molar-refractivity contribution is -0.148. The maximum atomic E-state index is 11.8. The van der Waals surface area contributed by atoms with Crippen molar-refractivity contribution in [1.82, 2.24) is 25.1 Å². The summed E-state index contributed by atoms with van der Waals surface area (Å²) >= 11 is 0. The zero-order valence-corrected chi connectivity index (χ0v) is 12.3. The first kappa shape index (κ1) is 14.9. The number of hydrogen-bond donors (Lipinski definition) is 0. The number of methoxy groups -OCH3 is 1. The van der Waals surface area contributed by atoms with Crippen LogP contribution in [0, 0.1) is 0 Å². The first-order chi connectivity index (χ1) is 9.76. The van der Waals surface area contributed by atoms with Crippen LogP contribution >= 0.6 is 0 Å². The number of carbonyl (C=O) groups is 1. The number of piperidine rings is 1. The highest BCUT2D eigenvalue weighted by Gasteiger charge is 2.30. The van der Waals surface area contributed by atoms with Crippen molar-refractivity contribution in [3.8, 4) is 0 Å². The molecule has 0 saturated carbocycles. The molecule has 2 rings (SSSR count). The van der Waals surface area contributed by atoms with Gasteiger partial charge in [-0.25, -0.2) is 4.68 Å². The predicted molar refractivity (Wildman–Crippen MR) is 72.8 cm³/mol. The second kappa shape index (κ2) is 7.33. The molecule has 0 spiro atoms. The average Bonchev–Trinajstić information content (AvgIpc) is 2.92. The number of aromatic nitrogens is 4. The Kier molecular flexibility index (Phi) is 5.46. The van der Waals surface area contributed by atoms with Gasteiger partial charge in [0.25, 0.3) is 0 Å². The van der Waals surface area contributed by atoms with Crippen molar-refractivity contribution < 1.29 is 9.53 Å². The largest absolute Gasteiger partial charge is 0.468 e. The summed E-state index contributed by atoms with van der Waals surface area (Å²) in [4.78, 5) is 14.0. The monoisotopic (exact) mass is 281 g/mol. The fourth-order valence-electron chi connectivity index (χ4n) is 2.58. The summed E-state index contributed by atoms with van der Waals surface area (Å²) in [5, 5.41) is 11.9. The highest BCUT2D eigenvalue weighted by molar-refractivity contribution is 5.75. The van der Waals surface area contributed by atoms with Crippen molar-refractivity contribution in [1.29, 1.82) is 0 Å². The Morgan fingerprint density at radius 3 is 3.05 bits per heavy atom. The Labute approximate surface area is 119 Å². The van der Waals surface area contributed by atoms with E-state index in [1.165, 1.54) is 7.11 Å². The van der Waals surface area contributed by atoms with E-state index in [0.29, 0.717) is 6.54 Å². The predicted octanol–water partition coefficient (Wildman–Crippen LogP) is 1.00. The molecule has 1 fully saturated rings. The molecule has 20 heavy (non-hydrogen) atoms. The van der Waals surface area contributed by atoms with Gasteiger partial charge in [-0.3, -0.25) is 9.69 Å². The van der Waals surface area contributed by atoms with Gasteiger partial charge in [-0.05, 0) is 36.2 Å². The fourth-order valence-corrected chi connectivity index (χ4v) is 2.58. The van der Waals surface area contributed by atoms with Crippen LogP contribution in [0.2, 0.25) is 0 Å². The van der Waals surface area contributed by atoms with Crippen LogP contribution in [0.25, 0.3) is 0 Å². The van der Waals surface area contributed by atoms with Crippen molar-refractivity contribution in [2.75, 3.05) is 13.7 Å². The smallest absolute Gasteiger partial charge is 0.323 e. The van der Waals surface area contributed by atoms with E-state index in [0.717, 1.165) is 51.0 Å². The normalized spacial score (nSPS) is 20.0. The average molecular weight is 281 g/mol. The van der Waals surface area contributed by atoms with E-state index in [1.54, 1.807) is 0 Å². The molecule has 1 saturated heterocycles. The number of hydrogen-bond acceptors (Lipinski definition) is 6. The molecule has 0 aliphatic carbocycles. The zero-order chi connectivity index (χ0) is 14.4. The molecule has 1 aliphatic rings. The number of carbonyl (C=O) groups excluding carboxylic acids is 1. The Bertz CT molecular complexity index is 434. The highest BCUT2D eigenvalue weighted by Crippen LogP contribution is 2.20. The van der Waals surface area contributed by atoms with Crippen molar-refractivity contribution in [2.24, 2.45) is 0 Å². The Hall–Kier alpha value is -1.50. The highest BCUT2D eigenvalue weighted by atomic mass is 16.5. The van der Waals surface area contributed by atoms with Gasteiger partial charge >= 0.3 is 5.97 Å².